The minimum absolute atomic E-state index is 0.0291. The second kappa shape index (κ2) is 3.76. The second-order valence-electron chi connectivity index (χ2n) is 4.24. The van der Waals surface area contributed by atoms with Crippen LogP contribution < -0.4 is 0 Å². The van der Waals surface area contributed by atoms with Gasteiger partial charge in [-0.05, 0) is 24.0 Å². The van der Waals surface area contributed by atoms with Crippen LogP contribution in [0.25, 0.3) is 0 Å². The molecule has 0 saturated heterocycles. The molecule has 1 aromatic carbocycles. The summed E-state index contributed by atoms with van der Waals surface area (Å²) in [5, 5.41) is 9.02. The molecule has 2 N–H and O–H groups in total. The lowest BCUT2D eigenvalue weighted by Gasteiger charge is -2.07. The Morgan fingerprint density at radius 3 is 3.06 bits per heavy atom. The van der Waals surface area contributed by atoms with E-state index in [0.717, 1.165) is 24.4 Å². The molecule has 0 bridgehead atoms. The molecule has 1 aliphatic rings. The van der Waals surface area contributed by atoms with E-state index in [4.69, 9.17) is 5.11 Å². The Bertz CT molecular complexity index is 504. The molecule has 82 valence electrons. The number of benzene rings is 1. The van der Waals surface area contributed by atoms with Crippen LogP contribution in [-0.4, -0.2) is 15.1 Å². The Hall–Kier alpha value is -1.61. The van der Waals surface area contributed by atoms with E-state index < -0.39 is 0 Å². The van der Waals surface area contributed by atoms with Crippen molar-refractivity contribution in [2.45, 2.75) is 25.4 Å². The van der Waals surface area contributed by atoms with Crippen LogP contribution >= 0.6 is 0 Å². The third-order valence-corrected chi connectivity index (χ3v) is 3.28. The van der Waals surface area contributed by atoms with Crippen LogP contribution in [0.15, 0.2) is 30.5 Å². The molecule has 1 aliphatic carbocycles. The molecule has 0 amide bonds. The van der Waals surface area contributed by atoms with Crippen LogP contribution in [0.2, 0.25) is 0 Å². The molecule has 1 heterocycles. The van der Waals surface area contributed by atoms with Crippen molar-refractivity contribution in [2.24, 2.45) is 0 Å². The highest BCUT2D eigenvalue weighted by atomic mass is 16.3. The number of aliphatic hydroxyl groups excluding tert-OH is 1. The van der Waals surface area contributed by atoms with Gasteiger partial charge in [0, 0.05) is 5.92 Å². The fourth-order valence-electron chi connectivity index (χ4n) is 2.48. The van der Waals surface area contributed by atoms with Gasteiger partial charge >= 0.3 is 0 Å². The zero-order chi connectivity index (χ0) is 11.0. The molecule has 2 aromatic rings. The first-order valence-electron chi connectivity index (χ1n) is 5.61. The van der Waals surface area contributed by atoms with Crippen molar-refractivity contribution < 1.29 is 5.11 Å². The maximum absolute atomic E-state index is 9.02. The van der Waals surface area contributed by atoms with Gasteiger partial charge in [-0.15, -0.1) is 0 Å². The van der Waals surface area contributed by atoms with Crippen LogP contribution in [0.4, 0.5) is 0 Å². The van der Waals surface area contributed by atoms with E-state index >= 15 is 0 Å². The number of nitrogens with zero attached hydrogens (tertiary/aromatic N) is 1. The summed E-state index contributed by atoms with van der Waals surface area (Å²) in [6, 6.07) is 8.52. The molecule has 0 saturated carbocycles. The lowest BCUT2D eigenvalue weighted by atomic mass is 10.0. The standard InChI is InChI=1S/C13H14N2O/c16-8-10-7-14-13(15-10)12-6-5-9-3-1-2-4-11(9)12/h1-4,7,12,16H,5-6,8H2,(H,14,15). The van der Waals surface area contributed by atoms with Gasteiger partial charge in [-0.3, -0.25) is 0 Å². The summed E-state index contributed by atoms with van der Waals surface area (Å²) in [4.78, 5) is 7.54. The molecule has 16 heavy (non-hydrogen) atoms. The smallest absolute Gasteiger partial charge is 0.113 e. The highest BCUT2D eigenvalue weighted by molar-refractivity contribution is 5.38. The van der Waals surface area contributed by atoms with Crippen molar-refractivity contribution >= 4 is 0 Å². The first-order valence-corrected chi connectivity index (χ1v) is 5.61. The predicted molar refractivity (Wildman–Crippen MR) is 61.1 cm³/mol. The van der Waals surface area contributed by atoms with Crippen LogP contribution in [-0.2, 0) is 13.0 Å². The summed E-state index contributed by atoms with van der Waals surface area (Å²) in [5.74, 6) is 1.35. The Morgan fingerprint density at radius 2 is 2.25 bits per heavy atom. The van der Waals surface area contributed by atoms with E-state index in [-0.39, 0.29) is 6.61 Å². The molecule has 1 aromatic heterocycles. The van der Waals surface area contributed by atoms with Crippen molar-refractivity contribution in [3.05, 3.63) is 53.1 Å². The molecule has 0 aliphatic heterocycles. The summed E-state index contributed by atoms with van der Waals surface area (Å²) in [7, 11) is 0. The normalized spacial score (nSPS) is 18.7. The van der Waals surface area contributed by atoms with Crippen molar-refractivity contribution in [3.63, 3.8) is 0 Å². The summed E-state index contributed by atoms with van der Waals surface area (Å²) in [6.07, 6.45) is 3.95. The SMILES string of the molecule is OCc1cnc(C2CCc3ccccc32)[nH]1. The fourth-order valence-corrected chi connectivity index (χ4v) is 2.48. The molecule has 3 heteroatoms. The average molecular weight is 214 g/mol. The third-order valence-electron chi connectivity index (χ3n) is 3.28. The molecule has 1 atom stereocenters. The Morgan fingerprint density at radius 1 is 1.38 bits per heavy atom. The molecule has 0 radical (unpaired) electrons. The number of fused-ring (bicyclic) bond motifs is 1. The van der Waals surface area contributed by atoms with Gasteiger partial charge in [0.1, 0.15) is 5.82 Å². The van der Waals surface area contributed by atoms with Gasteiger partial charge in [0.15, 0.2) is 0 Å². The van der Waals surface area contributed by atoms with Crippen LogP contribution in [0.5, 0.6) is 0 Å². The number of aryl methyl sites for hydroxylation is 1. The van der Waals surface area contributed by atoms with Crippen LogP contribution in [0.3, 0.4) is 0 Å². The molecule has 3 nitrogen and oxygen atoms in total. The van der Waals surface area contributed by atoms with E-state index in [9.17, 15) is 0 Å². The van der Waals surface area contributed by atoms with E-state index in [1.165, 1.54) is 11.1 Å². The Labute approximate surface area is 94.2 Å². The van der Waals surface area contributed by atoms with Gasteiger partial charge < -0.3 is 10.1 Å². The topological polar surface area (TPSA) is 48.9 Å². The average Bonchev–Trinajstić information content (AvgIpc) is 2.94. The zero-order valence-corrected chi connectivity index (χ0v) is 8.98. The number of aromatic nitrogens is 2. The summed E-state index contributed by atoms with van der Waals surface area (Å²) < 4.78 is 0. The van der Waals surface area contributed by atoms with Crippen molar-refractivity contribution in [2.75, 3.05) is 0 Å². The van der Waals surface area contributed by atoms with Crippen molar-refractivity contribution in [3.8, 4) is 0 Å². The van der Waals surface area contributed by atoms with Gasteiger partial charge in [0.25, 0.3) is 0 Å². The fraction of sp³-hybridized carbons (Fsp3) is 0.308. The van der Waals surface area contributed by atoms with E-state index in [1.807, 2.05) is 0 Å². The summed E-state index contributed by atoms with van der Waals surface area (Å²) >= 11 is 0. The van der Waals surface area contributed by atoms with E-state index in [0.29, 0.717) is 5.92 Å². The molecule has 3 rings (SSSR count). The Balaban J connectivity index is 1.98. The number of hydrogen-bond donors (Lipinski definition) is 2. The summed E-state index contributed by atoms with van der Waals surface area (Å²) in [5.41, 5.74) is 3.59. The first kappa shape index (κ1) is 9.60. The van der Waals surface area contributed by atoms with E-state index in [2.05, 4.69) is 34.2 Å². The predicted octanol–water partition coefficient (Wildman–Crippen LogP) is 1.98. The highest BCUT2D eigenvalue weighted by Gasteiger charge is 2.25. The number of imidazole rings is 1. The maximum atomic E-state index is 9.02. The number of nitrogens with one attached hydrogen (secondary N) is 1. The number of hydrogen-bond acceptors (Lipinski definition) is 2. The lowest BCUT2D eigenvalue weighted by Crippen LogP contribution is -1.98. The van der Waals surface area contributed by atoms with Gasteiger partial charge in [-0.1, -0.05) is 24.3 Å². The largest absolute Gasteiger partial charge is 0.390 e. The minimum Gasteiger partial charge on any atom is -0.390 e. The van der Waals surface area contributed by atoms with Crippen LogP contribution in [0.1, 0.15) is 35.0 Å². The number of rotatable bonds is 2. The number of aromatic amines is 1. The van der Waals surface area contributed by atoms with Gasteiger partial charge in [-0.2, -0.15) is 0 Å². The highest BCUT2D eigenvalue weighted by Crippen LogP contribution is 2.36. The third kappa shape index (κ3) is 1.44. The molecule has 0 spiro atoms. The Kier molecular flexibility index (Phi) is 2.26. The second-order valence-corrected chi connectivity index (χ2v) is 4.24. The van der Waals surface area contributed by atoms with Crippen LogP contribution in [0, 0.1) is 0 Å². The summed E-state index contributed by atoms with van der Waals surface area (Å²) in [6.45, 7) is 0.0291. The maximum Gasteiger partial charge on any atom is 0.113 e. The molecular formula is C13H14N2O. The molecular weight excluding hydrogens is 200 g/mol. The quantitative estimate of drug-likeness (QED) is 0.803. The first-order chi connectivity index (χ1) is 7.88. The van der Waals surface area contributed by atoms with Crippen molar-refractivity contribution in [1.29, 1.82) is 0 Å². The number of H-pyrrole nitrogens is 1. The molecule has 0 fully saturated rings. The minimum atomic E-state index is 0.0291. The number of aliphatic hydroxyl groups is 1. The van der Waals surface area contributed by atoms with Crippen molar-refractivity contribution in [1.82, 2.24) is 9.97 Å². The van der Waals surface area contributed by atoms with E-state index in [1.54, 1.807) is 6.20 Å². The van der Waals surface area contributed by atoms with Gasteiger partial charge in [-0.25, -0.2) is 4.98 Å². The molecule has 1 unspecified atom stereocenters. The van der Waals surface area contributed by atoms with Gasteiger partial charge in [0.05, 0.1) is 18.5 Å². The lowest BCUT2D eigenvalue weighted by molar-refractivity contribution is 0.277. The monoisotopic (exact) mass is 214 g/mol. The zero-order valence-electron chi connectivity index (χ0n) is 8.98. The van der Waals surface area contributed by atoms with Gasteiger partial charge in [0.2, 0.25) is 0 Å².